The van der Waals surface area contributed by atoms with Gasteiger partial charge in [-0.25, -0.2) is 0 Å². The van der Waals surface area contributed by atoms with Crippen molar-refractivity contribution in [3.63, 3.8) is 0 Å². The first kappa shape index (κ1) is 20.4. The molecule has 2 aliphatic rings. The fraction of sp³-hybridized carbons (Fsp3) is 0.417. The summed E-state index contributed by atoms with van der Waals surface area (Å²) < 4.78 is 11.1. The molecule has 158 valence electrons. The Hall–Kier alpha value is -2.86. The van der Waals surface area contributed by atoms with E-state index in [2.05, 4.69) is 5.32 Å². The average Bonchev–Trinajstić information content (AvgIpc) is 3.38. The van der Waals surface area contributed by atoms with E-state index in [9.17, 15) is 9.59 Å². The Kier molecular flexibility index (Phi) is 6.33. The van der Waals surface area contributed by atoms with Crippen LogP contribution >= 0.6 is 0 Å². The minimum absolute atomic E-state index is 0.0715. The minimum Gasteiger partial charge on any atom is -0.494 e. The van der Waals surface area contributed by atoms with Crippen molar-refractivity contribution in [1.82, 2.24) is 10.2 Å². The molecule has 1 saturated heterocycles. The molecule has 0 aliphatic carbocycles. The fourth-order valence-corrected chi connectivity index (χ4v) is 4.13. The number of benzene rings is 2. The lowest BCUT2D eigenvalue weighted by molar-refractivity contribution is 0.0544. The van der Waals surface area contributed by atoms with E-state index in [1.807, 2.05) is 43.3 Å². The first-order valence-electron chi connectivity index (χ1n) is 10.7. The smallest absolute Gasteiger partial charge is 0.255 e. The molecular formula is C24H28N2O4. The van der Waals surface area contributed by atoms with E-state index >= 15 is 0 Å². The molecule has 1 N–H and O–H groups in total. The highest BCUT2D eigenvalue weighted by atomic mass is 16.5. The zero-order valence-electron chi connectivity index (χ0n) is 17.4. The van der Waals surface area contributed by atoms with Crippen LogP contribution in [0.15, 0.2) is 42.5 Å². The van der Waals surface area contributed by atoms with Crippen molar-refractivity contribution in [3.05, 3.63) is 64.7 Å². The minimum atomic E-state index is -0.204. The largest absolute Gasteiger partial charge is 0.494 e. The molecule has 6 heteroatoms. The maximum atomic E-state index is 13.0. The van der Waals surface area contributed by atoms with Crippen LogP contribution in [0.5, 0.6) is 5.75 Å². The van der Waals surface area contributed by atoms with E-state index in [0.717, 1.165) is 36.3 Å². The van der Waals surface area contributed by atoms with Gasteiger partial charge in [-0.3, -0.25) is 9.59 Å². The Morgan fingerprint density at radius 3 is 2.80 bits per heavy atom. The molecule has 0 radical (unpaired) electrons. The van der Waals surface area contributed by atoms with Gasteiger partial charge in [-0.15, -0.1) is 0 Å². The highest BCUT2D eigenvalue weighted by Crippen LogP contribution is 2.27. The molecule has 6 nitrogen and oxygen atoms in total. The van der Waals surface area contributed by atoms with Crippen LogP contribution in [0.1, 0.15) is 51.6 Å². The van der Waals surface area contributed by atoms with E-state index in [-0.39, 0.29) is 17.9 Å². The van der Waals surface area contributed by atoms with Crippen LogP contribution in [0.3, 0.4) is 0 Å². The molecule has 1 unspecified atom stereocenters. The zero-order valence-corrected chi connectivity index (χ0v) is 17.4. The molecule has 30 heavy (non-hydrogen) atoms. The van der Waals surface area contributed by atoms with Gasteiger partial charge in [0.1, 0.15) is 5.75 Å². The molecule has 4 rings (SSSR count). The average molecular weight is 408 g/mol. The van der Waals surface area contributed by atoms with Crippen LogP contribution in [-0.2, 0) is 17.7 Å². The van der Waals surface area contributed by atoms with Gasteiger partial charge in [0.25, 0.3) is 11.8 Å². The van der Waals surface area contributed by atoms with Crippen LogP contribution in [0.2, 0.25) is 0 Å². The highest BCUT2D eigenvalue weighted by molar-refractivity contribution is 6.09. The molecule has 1 fully saturated rings. The predicted molar refractivity (Wildman–Crippen MR) is 114 cm³/mol. The maximum Gasteiger partial charge on any atom is 0.255 e. The lowest BCUT2D eigenvalue weighted by atomic mass is 10.0. The van der Waals surface area contributed by atoms with Crippen LogP contribution in [0, 0.1) is 0 Å². The summed E-state index contributed by atoms with van der Waals surface area (Å²) in [5.41, 5.74) is 3.03. The normalized spacial score (nSPS) is 17.8. The number of hydrogen-bond acceptors (Lipinski definition) is 4. The van der Waals surface area contributed by atoms with Gasteiger partial charge in [-0.05, 0) is 55.5 Å². The standard InChI is InChI=1S/C24H28N2O4/c1-2-29-19-10-8-17(9-11-19)12-13-25-23(27)21-7-3-5-18-15-26(24(28)22(18)21)16-20-6-4-14-30-20/h3,5,7-11,20H,2,4,6,12-16H2,1H3,(H,25,27). The van der Waals surface area contributed by atoms with Crippen LogP contribution in [0.4, 0.5) is 0 Å². The Balaban J connectivity index is 1.36. The Morgan fingerprint density at radius 2 is 2.07 bits per heavy atom. The number of rotatable bonds is 8. The quantitative estimate of drug-likeness (QED) is 0.728. The fourth-order valence-electron chi connectivity index (χ4n) is 4.13. The summed E-state index contributed by atoms with van der Waals surface area (Å²) in [6.45, 7) is 5.00. The summed E-state index contributed by atoms with van der Waals surface area (Å²) in [6.07, 6.45) is 2.85. The number of carbonyl (C=O) groups is 2. The van der Waals surface area contributed by atoms with Crippen LogP contribution in [-0.4, -0.2) is 49.1 Å². The molecule has 2 aliphatic heterocycles. The second-order valence-electron chi connectivity index (χ2n) is 7.74. The number of fused-ring (bicyclic) bond motifs is 1. The molecule has 2 aromatic carbocycles. The summed E-state index contributed by atoms with van der Waals surface area (Å²) in [6, 6.07) is 13.4. The molecule has 1 atom stereocenters. The summed E-state index contributed by atoms with van der Waals surface area (Å²) in [5, 5.41) is 2.96. The van der Waals surface area contributed by atoms with Crippen molar-refractivity contribution in [1.29, 1.82) is 0 Å². The second-order valence-corrected chi connectivity index (χ2v) is 7.74. The van der Waals surface area contributed by atoms with Crippen molar-refractivity contribution in [2.45, 2.75) is 38.8 Å². The molecule has 0 spiro atoms. The van der Waals surface area contributed by atoms with Crippen molar-refractivity contribution in [2.75, 3.05) is 26.3 Å². The third-order valence-electron chi connectivity index (χ3n) is 5.64. The lowest BCUT2D eigenvalue weighted by Gasteiger charge is -2.19. The van der Waals surface area contributed by atoms with Crippen molar-refractivity contribution in [3.8, 4) is 5.75 Å². The van der Waals surface area contributed by atoms with Gasteiger partial charge in [0.2, 0.25) is 0 Å². The maximum absolute atomic E-state index is 13.0. The monoisotopic (exact) mass is 408 g/mol. The second kappa shape index (κ2) is 9.30. The molecule has 2 amide bonds. The topological polar surface area (TPSA) is 67.9 Å². The van der Waals surface area contributed by atoms with Gasteiger partial charge in [0, 0.05) is 26.2 Å². The molecule has 0 saturated carbocycles. The Labute approximate surface area is 177 Å². The van der Waals surface area contributed by atoms with E-state index in [1.54, 1.807) is 11.0 Å². The molecular weight excluding hydrogens is 380 g/mol. The van der Waals surface area contributed by atoms with E-state index in [1.165, 1.54) is 0 Å². The van der Waals surface area contributed by atoms with Gasteiger partial charge in [0.05, 0.1) is 23.8 Å². The van der Waals surface area contributed by atoms with Crippen LogP contribution in [0.25, 0.3) is 0 Å². The predicted octanol–water partition coefficient (Wildman–Crippen LogP) is 3.19. The van der Waals surface area contributed by atoms with E-state index in [4.69, 9.17) is 9.47 Å². The zero-order chi connectivity index (χ0) is 20.9. The first-order valence-corrected chi connectivity index (χ1v) is 10.7. The van der Waals surface area contributed by atoms with Crippen LogP contribution < -0.4 is 10.1 Å². The number of carbonyl (C=O) groups excluding carboxylic acids is 2. The van der Waals surface area contributed by atoms with Crippen molar-refractivity contribution < 1.29 is 19.1 Å². The van der Waals surface area contributed by atoms with E-state index in [0.29, 0.717) is 43.8 Å². The lowest BCUT2D eigenvalue weighted by Crippen LogP contribution is -2.33. The SMILES string of the molecule is CCOc1ccc(CCNC(=O)c2cccc3c2C(=O)N(CC2CCCO2)C3)cc1. The van der Waals surface area contributed by atoms with Gasteiger partial charge in [-0.2, -0.15) is 0 Å². The number of nitrogens with zero attached hydrogens (tertiary/aromatic N) is 1. The highest BCUT2D eigenvalue weighted by Gasteiger charge is 2.33. The van der Waals surface area contributed by atoms with Gasteiger partial charge in [0.15, 0.2) is 0 Å². The summed E-state index contributed by atoms with van der Waals surface area (Å²) in [5.74, 6) is 0.569. The summed E-state index contributed by atoms with van der Waals surface area (Å²) in [4.78, 5) is 27.6. The molecule has 0 aromatic heterocycles. The molecule has 0 bridgehead atoms. The number of nitrogens with one attached hydrogen (secondary N) is 1. The number of hydrogen-bond donors (Lipinski definition) is 1. The summed E-state index contributed by atoms with van der Waals surface area (Å²) in [7, 11) is 0. The Morgan fingerprint density at radius 1 is 1.23 bits per heavy atom. The van der Waals surface area contributed by atoms with Crippen molar-refractivity contribution in [2.24, 2.45) is 0 Å². The van der Waals surface area contributed by atoms with Gasteiger partial charge >= 0.3 is 0 Å². The van der Waals surface area contributed by atoms with Gasteiger partial charge < -0.3 is 19.7 Å². The molecule has 2 aromatic rings. The summed E-state index contributed by atoms with van der Waals surface area (Å²) >= 11 is 0. The van der Waals surface area contributed by atoms with Crippen molar-refractivity contribution >= 4 is 11.8 Å². The first-order chi connectivity index (χ1) is 14.7. The number of ether oxygens (including phenoxy) is 2. The molecule has 2 heterocycles. The number of amides is 2. The van der Waals surface area contributed by atoms with E-state index < -0.39 is 0 Å². The Bertz CT molecular complexity index is 904. The van der Waals surface area contributed by atoms with Gasteiger partial charge in [-0.1, -0.05) is 24.3 Å². The third kappa shape index (κ3) is 4.49. The third-order valence-corrected chi connectivity index (χ3v) is 5.64.